The number of nitrogens with zero attached hydrogens (tertiary/aromatic N) is 1. The van der Waals surface area contributed by atoms with E-state index in [0.29, 0.717) is 16.3 Å². The summed E-state index contributed by atoms with van der Waals surface area (Å²) < 4.78 is 6.03. The molecular formula is C11H8BrNO2S. The zero-order valence-corrected chi connectivity index (χ0v) is 10.8. The van der Waals surface area contributed by atoms with Gasteiger partial charge in [-0.3, -0.25) is 4.79 Å². The number of thiophene rings is 1. The van der Waals surface area contributed by atoms with Gasteiger partial charge in [-0.25, -0.2) is 4.98 Å². The quantitative estimate of drug-likeness (QED) is 0.817. The molecule has 5 heteroatoms. The number of halogens is 1. The lowest BCUT2D eigenvalue weighted by Gasteiger charge is -2.04. The van der Waals surface area contributed by atoms with Gasteiger partial charge in [0.15, 0.2) is 5.69 Å². The maximum Gasteiger partial charge on any atom is 0.225 e. The standard InChI is InChI=1S/C11H8BrNO2S/c1-15-7-3-2-6-13-10(7)11(14)8-4-5-9(12)16-8/h2-6H,1H3. The molecule has 16 heavy (non-hydrogen) atoms. The Bertz CT molecular complexity index is 524. The fourth-order valence-electron chi connectivity index (χ4n) is 1.28. The number of aromatic nitrogens is 1. The van der Waals surface area contributed by atoms with E-state index in [0.717, 1.165) is 3.79 Å². The van der Waals surface area contributed by atoms with E-state index in [2.05, 4.69) is 20.9 Å². The molecule has 3 nitrogen and oxygen atoms in total. The molecule has 0 bridgehead atoms. The molecule has 0 aliphatic heterocycles. The van der Waals surface area contributed by atoms with Crippen LogP contribution in [0, 0.1) is 0 Å². The molecule has 0 radical (unpaired) electrons. The van der Waals surface area contributed by atoms with Crippen molar-refractivity contribution in [2.75, 3.05) is 7.11 Å². The van der Waals surface area contributed by atoms with Gasteiger partial charge in [-0.15, -0.1) is 11.3 Å². The Labute approximate surface area is 105 Å². The van der Waals surface area contributed by atoms with Gasteiger partial charge < -0.3 is 4.74 Å². The van der Waals surface area contributed by atoms with Crippen LogP contribution in [-0.2, 0) is 0 Å². The topological polar surface area (TPSA) is 39.2 Å². The Morgan fingerprint density at radius 3 is 2.88 bits per heavy atom. The van der Waals surface area contributed by atoms with Gasteiger partial charge in [-0.2, -0.15) is 0 Å². The summed E-state index contributed by atoms with van der Waals surface area (Å²) in [6, 6.07) is 7.07. The molecule has 0 spiro atoms. The maximum atomic E-state index is 12.1. The van der Waals surface area contributed by atoms with Crippen LogP contribution in [-0.4, -0.2) is 17.9 Å². The third-order valence-corrected chi connectivity index (χ3v) is 3.63. The molecule has 0 saturated carbocycles. The van der Waals surface area contributed by atoms with Crippen LogP contribution in [0.2, 0.25) is 0 Å². The first-order valence-corrected chi connectivity index (χ1v) is 6.12. The number of ether oxygens (including phenoxy) is 1. The third kappa shape index (κ3) is 2.15. The summed E-state index contributed by atoms with van der Waals surface area (Å²) in [5, 5.41) is 0. The number of carbonyl (C=O) groups is 1. The lowest BCUT2D eigenvalue weighted by Crippen LogP contribution is -2.04. The predicted molar refractivity (Wildman–Crippen MR) is 66.2 cm³/mol. The van der Waals surface area contributed by atoms with E-state index in [1.165, 1.54) is 18.4 Å². The zero-order chi connectivity index (χ0) is 11.5. The average molecular weight is 298 g/mol. The molecule has 0 fully saturated rings. The maximum absolute atomic E-state index is 12.1. The highest BCUT2D eigenvalue weighted by atomic mass is 79.9. The van der Waals surface area contributed by atoms with Crippen molar-refractivity contribution in [2.24, 2.45) is 0 Å². The van der Waals surface area contributed by atoms with Crippen LogP contribution in [0.25, 0.3) is 0 Å². The lowest BCUT2D eigenvalue weighted by molar-refractivity contribution is 0.103. The van der Waals surface area contributed by atoms with Crippen LogP contribution < -0.4 is 4.74 Å². The zero-order valence-electron chi connectivity index (χ0n) is 8.44. The number of pyridine rings is 1. The van der Waals surface area contributed by atoms with Crippen molar-refractivity contribution in [3.8, 4) is 5.75 Å². The average Bonchev–Trinajstić information content (AvgIpc) is 2.75. The third-order valence-electron chi connectivity index (χ3n) is 2.00. The van der Waals surface area contributed by atoms with Crippen molar-refractivity contribution in [3.63, 3.8) is 0 Å². The summed E-state index contributed by atoms with van der Waals surface area (Å²) in [4.78, 5) is 16.8. The monoisotopic (exact) mass is 297 g/mol. The molecule has 0 unspecified atom stereocenters. The fraction of sp³-hybridized carbons (Fsp3) is 0.0909. The van der Waals surface area contributed by atoms with Crippen LogP contribution in [0.4, 0.5) is 0 Å². The van der Waals surface area contributed by atoms with Gasteiger partial charge >= 0.3 is 0 Å². The molecule has 0 aromatic carbocycles. The summed E-state index contributed by atoms with van der Waals surface area (Å²) in [6.07, 6.45) is 1.58. The molecule has 0 aliphatic rings. The van der Waals surface area contributed by atoms with Crippen molar-refractivity contribution >= 4 is 33.0 Å². The minimum atomic E-state index is -0.117. The second-order valence-corrected chi connectivity index (χ2v) is 5.45. The smallest absolute Gasteiger partial charge is 0.225 e. The summed E-state index contributed by atoms with van der Waals surface area (Å²) in [6.45, 7) is 0. The van der Waals surface area contributed by atoms with Crippen LogP contribution in [0.1, 0.15) is 15.4 Å². The van der Waals surface area contributed by atoms with Gasteiger partial charge in [0.1, 0.15) is 5.75 Å². The Morgan fingerprint density at radius 2 is 2.25 bits per heavy atom. The van der Waals surface area contributed by atoms with Gasteiger partial charge in [0, 0.05) is 6.20 Å². The normalized spacial score (nSPS) is 10.1. The Morgan fingerprint density at radius 1 is 1.44 bits per heavy atom. The van der Waals surface area contributed by atoms with Gasteiger partial charge in [-0.05, 0) is 40.2 Å². The van der Waals surface area contributed by atoms with Crippen molar-refractivity contribution in [1.82, 2.24) is 4.98 Å². The first kappa shape index (κ1) is 11.3. The molecule has 0 aliphatic carbocycles. The molecule has 0 atom stereocenters. The molecule has 0 saturated heterocycles. The van der Waals surface area contributed by atoms with Crippen molar-refractivity contribution in [2.45, 2.75) is 0 Å². The van der Waals surface area contributed by atoms with E-state index in [9.17, 15) is 4.79 Å². The van der Waals surface area contributed by atoms with Crippen LogP contribution >= 0.6 is 27.3 Å². The second-order valence-electron chi connectivity index (χ2n) is 2.99. The fourth-order valence-corrected chi connectivity index (χ4v) is 2.61. The van der Waals surface area contributed by atoms with Gasteiger partial charge in [-0.1, -0.05) is 0 Å². The van der Waals surface area contributed by atoms with E-state index in [1.54, 1.807) is 24.4 Å². The number of carbonyl (C=O) groups excluding carboxylic acids is 1. The molecular weight excluding hydrogens is 290 g/mol. The number of hydrogen-bond acceptors (Lipinski definition) is 4. The van der Waals surface area contributed by atoms with E-state index in [4.69, 9.17) is 4.74 Å². The lowest BCUT2D eigenvalue weighted by atomic mass is 10.2. The molecule has 2 heterocycles. The summed E-state index contributed by atoms with van der Waals surface area (Å²) in [5.74, 6) is 0.380. The molecule has 0 amide bonds. The highest BCUT2D eigenvalue weighted by Crippen LogP contribution is 2.26. The molecule has 0 N–H and O–H groups in total. The number of methoxy groups -OCH3 is 1. The minimum absolute atomic E-state index is 0.117. The van der Waals surface area contributed by atoms with Crippen molar-refractivity contribution in [3.05, 3.63) is 44.8 Å². The molecule has 2 rings (SSSR count). The molecule has 2 aromatic heterocycles. The van der Waals surface area contributed by atoms with E-state index >= 15 is 0 Å². The molecule has 2 aromatic rings. The van der Waals surface area contributed by atoms with Crippen molar-refractivity contribution in [1.29, 1.82) is 0 Å². The number of rotatable bonds is 3. The minimum Gasteiger partial charge on any atom is -0.494 e. The Hall–Kier alpha value is -1.20. The van der Waals surface area contributed by atoms with Crippen LogP contribution in [0.3, 0.4) is 0 Å². The SMILES string of the molecule is COc1cccnc1C(=O)c1ccc(Br)s1. The Balaban J connectivity index is 2.41. The largest absolute Gasteiger partial charge is 0.494 e. The first-order chi connectivity index (χ1) is 7.72. The molecule has 82 valence electrons. The summed E-state index contributed by atoms with van der Waals surface area (Å²) >= 11 is 4.70. The van der Waals surface area contributed by atoms with E-state index in [1.807, 2.05) is 6.07 Å². The van der Waals surface area contributed by atoms with Gasteiger partial charge in [0.05, 0.1) is 15.8 Å². The van der Waals surface area contributed by atoms with Crippen molar-refractivity contribution < 1.29 is 9.53 Å². The Kier molecular flexibility index (Phi) is 3.36. The van der Waals surface area contributed by atoms with E-state index in [-0.39, 0.29) is 5.78 Å². The summed E-state index contributed by atoms with van der Waals surface area (Å²) in [7, 11) is 1.53. The van der Waals surface area contributed by atoms with Gasteiger partial charge in [0.25, 0.3) is 0 Å². The van der Waals surface area contributed by atoms with Crippen LogP contribution in [0.15, 0.2) is 34.2 Å². The van der Waals surface area contributed by atoms with Crippen LogP contribution in [0.5, 0.6) is 5.75 Å². The first-order valence-electron chi connectivity index (χ1n) is 4.51. The highest BCUT2D eigenvalue weighted by molar-refractivity contribution is 9.11. The number of ketones is 1. The predicted octanol–water partition coefficient (Wildman–Crippen LogP) is 3.15. The highest BCUT2D eigenvalue weighted by Gasteiger charge is 2.17. The number of hydrogen-bond donors (Lipinski definition) is 0. The van der Waals surface area contributed by atoms with E-state index < -0.39 is 0 Å². The second kappa shape index (κ2) is 4.76. The summed E-state index contributed by atoms with van der Waals surface area (Å²) in [5.41, 5.74) is 0.347. The van der Waals surface area contributed by atoms with Gasteiger partial charge in [0.2, 0.25) is 5.78 Å².